The number of benzene rings is 1. The molecule has 0 saturated carbocycles. The summed E-state index contributed by atoms with van der Waals surface area (Å²) in [7, 11) is 0. The summed E-state index contributed by atoms with van der Waals surface area (Å²) >= 11 is 0. The topological polar surface area (TPSA) is 50.2 Å². The Kier molecular flexibility index (Phi) is 7.02. The number of likely N-dealkylation sites (tertiary alicyclic amines) is 1. The van der Waals surface area contributed by atoms with Crippen LogP contribution in [0, 0.1) is 12.8 Å². The van der Waals surface area contributed by atoms with E-state index in [4.69, 9.17) is 0 Å². The SMILES string of the molecule is CCNCC1CCN(C(=O)c2ccc(-n3cc(C)cn3)cc2)CC1.Cl. The van der Waals surface area contributed by atoms with Crippen molar-refractivity contribution in [1.29, 1.82) is 0 Å². The summed E-state index contributed by atoms with van der Waals surface area (Å²) in [5.41, 5.74) is 2.85. The molecule has 1 aliphatic heterocycles. The van der Waals surface area contributed by atoms with Crippen LogP contribution in [-0.2, 0) is 0 Å². The van der Waals surface area contributed by atoms with Crippen molar-refractivity contribution in [3.63, 3.8) is 0 Å². The fourth-order valence-electron chi connectivity index (χ4n) is 3.18. The van der Waals surface area contributed by atoms with E-state index in [-0.39, 0.29) is 18.3 Å². The molecule has 1 aromatic carbocycles. The summed E-state index contributed by atoms with van der Waals surface area (Å²) in [5, 5.41) is 7.70. The van der Waals surface area contributed by atoms with Crippen molar-refractivity contribution in [2.24, 2.45) is 5.92 Å². The number of aromatic nitrogens is 2. The van der Waals surface area contributed by atoms with E-state index in [1.54, 1.807) is 0 Å². The average Bonchev–Trinajstić information content (AvgIpc) is 3.06. The molecule has 1 saturated heterocycles. The minimum absolute atomic E-state index is 0. The predicted molar refractivity (Wildman–Crippen MR) is 103 cm³/mol. The molecule has 25 heavy (non-hydrogen) atoms. The molecular formula is C19H27ClN4O. The van der Waals surface area contributed by atoms with Gasteiger partial charge in [-0.2, -0.15) is 5.10 Å². The van der Waals surface area contributed by atoms with Crippen molar-refractivity contribution in [2.75, 3.05) is 26.2 Å². The summed E-state index contributed by atoms with van der Waals surface area (Å²) in [6.07, 6.45) is 5.98. The van der Waals surface area contributed by atoms with Gasteiger partial charge in [0.25, 0.3) is 5.91 Å². The third-order valence-electron chi connectivity index (χ3n) is 4.68. The number of aryl methyl sites for hydroxylation is 1. The number of carbonyl (C=O) groups excluding carboxylic acids is 1. The van der Waals surface area contributed by atoms with E-state index < -0.39 is 0 Å². The molecule has 3 rings (SSSR count). The number of carbonyl (C=O) groups is 1. The molecule has 0 radical (unpaired) electrons. The monoisotopic (exact) mass is 362 g/mol. The van der Waals surface area contributed by atoms with Gasteiger partial charge in [-0.25, -0.2) is 4.68 Å². The van der Waals surface area contributed by atoms with Gasteiger partial charge in [-0.1, -0.05) is 6.92 Å². The van der Waals surface area contributed by atoms with Gasteiger partial charge in [-0.15, -0.1) is 12.4 Å². The molecule has 0 aliphatic carbocycles. The zero-order valence-corrected chi connectivity index (χ0v) is 15.8. The second-order valence-corrected chi connectivity index (χ2v) is 6.55. The lowest BCUT2D eigenvalue weighted by Gasteiger charge is -2.32. The van der Waals surface area contributed by atoms with Crippen LogP contribution >= 0.6 is 12.4 Å². The van der Waals surface area contributed by atoms with Gasteiger partial charge in [0.05, 0.1) is 11.9 Å². The third kappa shape index (κ3) is 4.83. The van der Waals surface area contributed by atoms with Crippen LogP contribution in [0.2, 0.25) is 0 Å². The van der Waals surface area contributed by atoms with Gasteiger partial charge in [0, 0.05) is 24.8 Å². The average molecular weight is 363 g/mol. The zero-order valence-electron chi connectivity index (χ0n) is 14.9. The lowest BCUT2D eigenvalue weighted by atomic mass is 9.96. The molecule has 6 heteroatoms. The largest absolute Gasteiger partial charge is 0.339 e. The summed E-state index contributed by atoms with van der Waals surface area (Å²) in [4.78, 5) is 14.6. The number of hydrogen-bond acceptors (Lipinski definition) is 3. The van der Waals surface area contributed by atoms with E-state index in [0.29, 0.717) is 5.92 Å². The molecule has 5 nitrogen and oxygen atoms in total. The van der Waals surface area contributed by atoms with Gasteiger partial charge in [-0.05, 0) is 68.6 Å². The molecular weight excluding hydrogens is 336 g/mol. The summed E-state index contributed by atoms with van der Waals surface area (Å²) in [5.74, 6) is 0.833. The number of nitrogens with one attached hydrogen (secondary N) is 1. The van der Waals surface area contributed by atoms with Crippen LogP contribution in [0.15, 0.2) is 36.7 Å². The number of piperidine rings is 1. The molecule has 1 aromatic heterocycles. The molecule has 0 spiro atoms. The van der Waals surface area contributed by atoms with Crippen LogP contribution in [0.4, 0.5) is 0 Å². The first-order valence-corrected chi connectivity index (χ1v) is 8.79. The highest BCUT2D eigenvalue weighted by molar-refractivity contribution is 5.94. The smallest absolute Gasteiger partial charge is 0.253 e. The molecule has 2 aromatic rings. The Morgan fingerprint density at radius 3 is 2.48 bits per heavy atom. The second-order valence-electron chi connectivity index (χ2n) is 6.55. The molecule has 0 unspecified atom stereocenters. The molecule has 1 fully saturated rings. The standard InChI is InChI=1S/C19H26N4O.ClH/c1-3-20-13-16-8-10-22(11-9-16)19(24)17-4-6-18(7-5-17)23-14-15(2)12-21-23;/h4-7,12,14,16,20H,3,8-11,13H2,1-2H3;1H. The zero-order chi connectivity index (χ0) is 16.9. The second kappa shape index (κ2) is 9.02. The molecule has 2 heterocycles. The number of hydrogen-bond donors (Lipinski definition) is 1. The highest BCUT2D eigenvalue weighted by atomic mass is 35.5. The van der Waals surface area contributed by atoms with Crippen LogP contribution in [0.3, 0.4) is 0 Å². The van der Waals surface area contributed by atoms with E-state index in [9.17, 15) is 4.79 Å². The van der Waals surface area contributed by atoms with E-state index in [1.165, 1.54) is 0 Å². The maximum absolute atomic E-state index is 12.7. The van der Waals surface area contributed by atoms with Crippen molar-refractivity contribution >= 4 is 18.3 Å². The minimum Gasteiger partial charge on any atom is -0.339 e. The van der Waals surface area contributed by atoms with Crippen molar-refractivity contribution < 1.29 is 4.79 Å². The summed E-state index contributed by atoms with van der Waals surface area (Å²) < 4.78 is 1.83. The first-order valence-electron chi connectivity index (χ1n) is 8.79. The van der Waals surface area contributed by atoms with Crippen LogP contribution < -0.4 is 5.32 Å². The van der Waals surface area contributed by atoms with E-state index >= 15 is 0 Å². The quantitative estimate of drug-likeness (QED) is 0.889. The first-order chi connectivity index (χ1) is 11.7. The molecule has 1 aliphatic rings. The van der Waals surface area contributed by atoms with Crippen molar-refractivity contribution in [1.82, 2.24) is 20.0 Å². The maximum atomic E-state index is 12.7. The normalized spacial score (nSPS) is 15.0. The number of halogens is 1. The Labute approximate surface area is 155 Å². The van der Waals surface area contributed by atoms with E-state index in [2.05, 4.69) is 17.3 Å². The van der Waals surface area contributed by atoms with Gasteiger partial charge in [0.1, 0.15) is 0 Å². The van der Waals surface area contributed by atoms with Gasteiger partial charge in [0.15, 0.2) is 0 Å². The van der Waals surface area contributed by atoms with E-state index in [0.717, 1.165) is 55.8 Å². The Morgan fingerprint density at radius 2 is 1.92 bits per heavy atom. The maximum Gasteiger partial charge on any atom is 0.253 e. The summed E-state index contributed by atoms with van der Waals surface area (Å²) in [6.45, 7) is 7.94. The van der Waals surface area contributed by atoms with Crippen molar-refractivity contribution in [2.45, 2.75) is 26.7 Å². The Hall–Kier alpha value is -1.85. The molecule has 0 bridgehead atoms. The van der Waals surface area contributed by atoms with Crippen LogP contribution in [0.1, 0.15) is 35.7 Å². The third-order valence-corrected chi connectivity index (χ3v) is 4.68. The fraction of sp³-hybridized carbons (Fsp3) is 0.474. The van der Waals surface area contributed by atoms with Crippen LogP contribution in [0.5, 0.6) is 0 Å². The van der Waals surface area contributed by atoms with Gasteiger partial charge < -0.3 is 10.2 Å². The van der Waals surface area contributed by atoms with Crippen LogP contribution in [-0.4, -0.2) is 46.8 Å². The lowest BCUT2D eigenvalue weighted by Crippen LogP contribution is -2.40. The van der Waals surface area contributed by atoms with Crippen molar-refractivity contribution in [3.8, 4) is 5.69 Å². The molecule has 136 valence electrons. The van der Waals surface area contributed by atoms with Gasteiger partial charge in [-0.3, -0.25) is 4.79 Å². The van der Waals surface area contributed by atoms with Gasteiger partial charge >= 0.3 is 0 Å². The number of rotatable bonds is 5. The van der Waals surface area contributed by atoms with E-state index in [1.807, 2.05) is 53.2 Å². The minimum atomic E-state index is 0. The Morgan fingerprint density at radius 1 is 1.24 bits per heavy atom. The molecule has 1 amide bonds. The molecule has 1 N–H and O–H groups in total. The number of amides is 1. The highest BCUT2D eigenvalue weighted by Gasteiger charge is 2.23. The number of nitrogens with zero attached hydrogens (tertiary/aromatic N) is 3. The summed E-state index contributed by atoms with van der Waals surface area (Å²) in [6, 6.07) is 7.72. The highest BCUT2D eigenvalue weighted by Crippen LogP contribution is 2.19. The molecule has 0 atom stereocenters. The van der Waals surface area contributed by atoms with Gasteiger partial charge in [0.2, 0.25) is 0 Å². The fourth-order valence-corrected chi connectivity index (χ4v) is 3.18. The van der Waals surface area contributed by atoms with Crippen molar-refractivity contribution in [3.05, 3.63) is 47.8 Å². The van der Waals surface area contributed by atoms with Crippen LogP contribution in [0.25, 0.3) is 5.69 Å². The lowest BCUT2D eigenvalue weighted by molar-refractivity contribution is 0.0690. The predicted octanol–water partition coefficient (Wildman–Crippen LogP) is 3.06. The first kappa shape index (κ1) is 19.5. The Balaban J connectivity index is 0.00000225. The Bertz CT molecular complexity index is 675.